The number of rotatable bonds is 5. The molecule has 0 amide bonds. The van der Waals surface area contributed by atoms with Crippen molar-refractivity contribution in [3.8, 4) is 6.07 Å². The van der Waals surface area contributed by atoms with Gasteiger partial charge >= 0.3 is 0 Å². The Bertz CT molecular complexity index is 231. The highest BCUT2D eigenvalue weighted by Crippen LogP contribution is 1.87. The molecule has 0 saturated carbocycles. The van der Waals surface area contributed by atoms with Crippen molar-refractivity contribution in [3.05, 3.63) is 0 Å². The number of nitrogens with one attached hydrogen (secondary N) is 1. The van der Waals surface area contributed by atoms with E-state index in [2.05, 4.69) is 20.7 Å². The van der Waals surface area contributed by atoms with Crippen molar-refractivity contribution in [1.82, 2.24) is 4.72 Å². The molecule has 64 valence electrons. The number of halogens is 1. The van der Waals surface area contributed by atoms with Gasteiger partial charge in [-0.3, -0.25) is 0 Å². The molecule has 0 radical (unpaired) electrons. The van der Waals surface area contributed by atoms with Crippen molar-refractivity contribution in [1.29, 1.82) is 5.26 Å². The van der Waals surface area contributed by atoms with E-state index >= 15 is 0 Å². The topological polar surface area (TPSA) is 70.0 Å². The van der Waals surface area contributed by atoms with E-state index in [9.17, 15) is 8.42 Å². The van der Waals surface area contributed by atoms with Gasteiger partial charge in [-0.1, -0.05) is 15.9 Å². The molecule has 0 unspecified atom stereocenters. The van der Waals surface area contributed by atoms with Gasteiger partial charge in [0, 0.05) is 11.9 Å². The largest absolute Gasteiger partial charge is 0.225 e. The maximum atomic E-state index is 10.8. The quantitative estimate of drug-likeness (QED) is 0.552. The predicted molar refractivity (Wildman–Crippen MR) is 45.8 cm³/mol. The number of alkyl halides is 1. The molecule has 1 N–H and O–H groups in total. The van der Waals surface area contributed by atoms with Crippen molar-refractivity contribution in [2.75, 3.05) is 17.6 Å². The summed E-state index contributed by atoms with van der Waals surface area (Å²) in [6.07, 6.45) is 0.727. The SMILES string of the molecule is N#CCS(=O)(=O)NCCCBr. The van der Waals surface area contributed by atoms with Crippen LogP contribution in [0.5, 0.6) is 0 Å². The first kappa shape index (κ1) is 10.9. The van der Waals surface area contributed by atoms with Crippen LogP contribution in [0.1, 0.15) is 6.42 Å². The van der Waals surface area contributed by atoms with Crippen LogP contribution in [0.25, 0.3) is 0 Å². The monoisotopic (exact) mass is 240 g/mol. The van der Waals surface area contributed by atoms with Gasteiger partial charge in [-0.05, 0) is 6.42 Å². The fraction of sp³-hybridized carbons (Fsp3) is 0.800. The van der Waals surface area contributed by atoms with E-state index < -0.39 is 15.8 Å². The van der Waals surface area contributed by atoms with Crippen molar-refractivity contribution < 1.29 is 8.42 Å². The Balaban J connectivity index is 3.68. The minimum absolute atomic E-state index is 0.384. The summed E-state index contributed by atoms with van der Waals surface area (Å²) in [7, 11) is -3.34. The minimum Gasteiger partial charge on any atom is -0.214 e. The van der Waals surface area contributed by atoms with Gasteiger partial charge in [-0.15, -0.1) is 0 Å². The first-order valence-electron chi connectivity index (χ1n) is 3.02. The van der Waals surface area contributed by atoms with Crippen LogP contribution in [0, 0.1) is 11.3 Å². The van der Waals surface area contributed by atoms with Gasteiger partial charge in [0.1, 0.15) is 0 Å². The molecule has 0 aromatic carbocycles. The molecule has 0 aromatic heterocycles. The average molecular weight is 241 g/mol. The summed E-state index contributed by atoms with van der Waals surface area (Å²) < 4.78 is 23.8. The summed E-state index contributed by atoms with van der Waals surface area (Å²) in [6, 6.07) is 1.57. The molecule has 0 saturated heterocycles. The first-order valence-corrected chi connectivity index (χ1v) is 5.80. The van der Waals surface area contributed by atoms with Crippen LogP contribution in [-0.4, -0.2) is 26.0 Å². The molecule has 0 bridgehead atoms. The van der Waals surface area contributed by atoms with Gasteiger partial charge in [0.05, 0.1) is 6.07 Å². The maximum Gasteiger partial charge on any atom is 0.225 e. The van der Waals surface area contributed by atoms with Crippen LogP contribution in [0.3, 0.4) is 0 Å². The lowest BCUT2D eigenvalue weighted by molar-refractivity contribution is 0.584. The van der Waals surface area contributed by atoms with Gasteiger partial charge in [0.15, 0.2) is 5.75 Å². The number of nitriles is 1. The van der Waals surface area contributed by atoms with E-state index in [4.69, 9.17) is 5.26 Å². The van der Waals surface area contributed by atoms with Crippen molar-refractivity contribution in [2.24, 2.45) is 0 Å². The third kappa shape index (κ3) is 6.28. The number of sulfonamides is 1. The molecule has 11 heavy (non-hydrogen) atoms. The van der Waals surface area contributed by atoms with Crippen molar-refractivity contribution in [3.63, 3.8) is 0 Å². The fourth-order valence-electron chi connectivity index (χ4n) is 0.430. The van der Waals surface area contributed by atoms with Gasteiger partial charge in [0.2, 0.25) is 10.0 Å². The Morgan fingerprint density at radius 2 is 2.18 bits per heavy atom. The molecule has 4 nitrogen and oxygen atoms in total. The Morgan fingerprint density at radius 3 is 2.64 bits per heavy atom. The number of hydrogen-bond donors (Lipinski definition) is 1. The van der Waals surface area contributed by atoms with Crippen molar-refractivity contribution >= 4 is 26.0 Å². The summed E-state index contributed by atoms with van der Waals surface area (Å²) in [5.74, 6) is -0.463. The fourth-order valence-corrected chi connectivity index (χ4v) is 1.44. The van der Waals surface area contributed by atoms with E-state index in [1.54, 1.807) is 6.07 Å². The van der Waals surface area contributed by atoms with E-state index in [1.165, 1.54) is 0 Å². The lowest BCUT2D eigenvalue weighted by Crippen LogP contribution is -2.26. The molecular weight excluding hydrogens is 232 g/mol. The van der Waals surface area contributed by atoms with Crippen LogP contribution in [-0.2, 0) is 10.0 Å². The molecule has 6 heteroatoms. The molecule has 0 aromatic rings. The molecule has 0 spiro atoms. The van der Waals surface area contributed by atoms with E-state index in [-0.39, 0.29) is 0 Å². The normalized spacial score (nSPS) is 10.9. The Hall–Kier alpha value is -0.120. The highest BCUT2D eigenvalue weighted by molar-refractivity contribution is 9.09. The van der Waals surface area contributed by atoms with Crippen molar-refractivity contribution in [2.45, 2.75) is 6.42 Å². The third-order valence-electron chi connectivity index (χ3n) is 0.887. The second-order valence-corrected chi connectivity index (χ2v) is 4.45. The summed E-state index contributed by atoms with van der Waals surface area (Å²) in [6.45, 7) is 0.384. The number of nitrogens with zero attached hydrogens (tertiary/aromatic N) is 1. The number of hydrogen-bond acceptors (Lipinski definition) is 3. The minimum atomic E-state index is -3.34. The molecule has 0 atom stereocenters. The van der Waals surface area contributed by atoms with Crippen LogP contribution in [0.4, 0.5) is 0 Å². The highest BCUT2D eigenvalue weighted by atomic mass is 79.9. The summed E-state index contributed by atoms with van der Waals surface area (Å²) >= 11 is 3.16. The van der Waals surface area contributed by atoms with Crippen LogP contribution >= 0.6 is 15.9 Å². The molecular formula is C5H9BrN2O2S. The molecule has 0 fully saturated rings. The second-order valence-electron chi connectivity index (χ2n) is 1.85. The van der Waals surface area contributed by atoms with Gasteiger partial charge in [-0.25, -0.2) is 13.1 Å². The van der Waals surface area contributed by atoms with Crippen LogP contribution in [0.2, 0.25) is 0 Å². The third-order valence-corrected chi connectivity index (χ3v) is 2.60. The zero-order valence-electron chi connectivity index (χ0n) is 5.88. The second kappa shape index (κ2) is 5.52. The van der Waals surface area contributed by atoms with Crippen LogP contribution < -0.4 is 4.72 Å². The molecule has 0 rings (SSSR count). The Kier molecular flexibility index (Phi) is 5.46. The lowest BCUT2D eigenvalue weighted by Gasteiger charge is -1.99. The Labute approximate surface area is 74.8 Å². The molecule has 0 heterocycles. The van der Waals surface area contributed by atoms with E-state index in [0.717, 1.165) is 11.8 Å². The molecule has 0 aliphatic carbocycles. The average Bonchev–Trinajstić information content (AvgIpc) is 1.87. The van der Waals surface area contributed by atoms with Gasteiger partial charge in [-0.2, -0.15) is 5.26 Å². The molecule has 0 aliphatic rings. The summed E-state index contributed by atoms with van der Waals surface area (Å²) in [5.41, 5.74) is 0. The lowest BCUT2D eigenvalue weighted by atomic mass is 10.5. The van der Waals surface area contributed by atoms with Gasteiger partial charge < -0.3 is 0 Å². The summed E-state index contributed by atoms with van der Waals surface area (Å²) in [4.78, 5) is 0. The summed E-state index contributed by atoms with van der Waals surface area (Å²) in [5, 5.41) is 8.83. The zero-order chi connectivity index (χ0) is 8.74. The molecule has 0 aliphatic heterocycles. The first-order chi connectivity index (χ1) is 5.12. The smallest absolute Gasteiger partial charge is 0.214 e. The van der Waals surface area contributed by atoms with E-state index in [0.29, 0.717) is 6.54 Å². The predicted octanol–water partition coefficient (Wildman–Crippen LogP) is 0.214. The Morgan fingerprint density at radius 1 is 1.55 bits per heavy atom. The standard InChI is InChI=1S/C5H9BrN2O2S/c6-2-1-4-8-11(9,10)5-3-7/h8H,1-2,4-5H2. The zero-order valence-corrected chi connectivity index (χ0v) is 8.28. The van der Waals surface area contributed by atoms with Crippen LogP contribution in [0.15, 0.2) is 0 Å². The maximum absolute atomic E-state index is 10.8. The van der Waals surface area contributed by atoms with E-state index in [1.807, 2.05) is 0 Å². The highest BCUT2D eigenvalue weighted by Gasteiger charge is 2.06. The van der Waals surface area contributed by atoms with Gasteiger partial charge in [0.25, 0.3) is 0 Å².